The highest BCUT2D eigenvalue weighted by atomic mass is 16.2. The molecule has 2 aliphatic rings. The Morgan fingerprint density at radius 2 is 1.65 bits per heavy atom. The number of fused-ring (bicyclic) bond motifs is 1. The first-order valence-electron chi connectivity index (χ1n) is 8.45. The number of carbonyl (C=O) groups is 1. The standard InChI is InChI=1S/C16H31N3O/c1-3-5-7-19(8-6-4-2)16(20)13-18-11-14-9-17-10-15(14)12-18/h14-15,17H,3-13H2,1-2H3. The summed E-state index contributed by atoms with van der Waals surface area (Å²) in [5, 5.41) is 3.45. The van der Waals surface area contributed by atoms with Crippen molar-refractivity contribution in [3.05, 3.63) is 0 Å². The van der Waals surface area contributed by atoms with Crippen LogP contribution in [-0.4, -0.2) is 61.5 Å². The second-order valence-electron chi connectivity index (χ2n) is 6.46. The molecule has 2 atom stereocenters. The highest BCUT2D eigenvalue weighted by Gasteiger charge is 2.36. The first kappa shape index (κ1) is 15.8. The number of nitrogens with zero attached hydrogens (tertiary/aromatic N) is 2. The lowest BCUT2D eigenvalue weighted by atomic mass is 10.0. The van der Waals surface area contributed by atoms with Crippen LogP contribution in [0.15, 0.2) is 0 Å². The molecule has 4 heteroatoms. The van der Waals surface area contributed by atoms with Gasteiger partial charge >= 0.3 is 0 Å². The van der Waals surface area contributed by atoms with Crippen molar-refractivity contribution in [1.29, 1.82) is 0 Å². The molecular formula is C16H31N3O. The number of nitrogens with one attached hydrogen (secondary N) is 1. The molecular weight excluding hydrogens is 250 g/mol. The lowest BCUT2D eigenvalue weighted by Crippen LogP contribution is -2.41. The van der Waals surface area contributed by atoms with Crippen molar-refractivity contribution in [3.63, 3.8) is 0 Å². The molecule has 2 aliphatic heterocycles. The maximum Gasteiger partial charge on any atom is 0.236 e. The highest BCUT2D eigenvalue weighted by Crippen LogP contribution is 2.25. The summed E-state index contributed by atoms with van der Waals surface area (Å²) in [6.07, 6.45) is 4.58. The third kappa shape index (κ3) is 4.19. The van der Waals surface area contributed by atoms with Crippen LogP contribution in [0.4, 0.5) is 0 Å². The van der Waals surface area contributed by atoms with Crippen molar-refractivity contribution in [2.75, 3.05) is 45.8 Å². The van der Waals surface area contributed by atoms with E-state index >= 15 is 0 Å². The molecule has 0 aliphatic carbocycles. The number of rotatable bonds is 8. The Labute approximate surface area is 123 Å². The van der Waals surface area contributed by atoms with E-state index in [0.717, 1.165) is 76.8 Å². The average molecular weight is 281 g/mol. The maximum absolute atomic E-state index is 12.5. The molecule has 2 rings (SSSR count). The number of likely N-dealkylation sites (tertiary alicyclic amines) is 1. The van der Waals surface area contributed by atoms with Crippen LogP contribution in [0.25, 0.3) is 0 Å². The van der Waals surface area contributed by atoms with Crippen LogP contribution in [0.2, 0.25) is 0 Å². The van der Waals surface area contributed by atoms with Crippen LogP contribution in [0.1, 0.15) is 39.5 Å². The highest BCUT2D eigenvalue weighted by molar-refractivity contribution is 5.78. The predicted molar refractivity (Wildman–Crippen MR) is 82.7 cm³/mol. The Morgan fingerprint density at radius 3 is 2.15 bits per heavy atom. The van der Waals surface area contributed by atoms with Crippen molar-refractivity contribution in [2.45, 2.75) is 39.5 Å². The molecule has 0 aromatic rings. The maximum atomic E-state index is 12.5. The molecule has 4 nitrogen and oxygen atoms in total. The van der Waals surface area contributed by atoms with E-state index in [4.69, 9.17) is 0 Å². The molecule has 0 aromatic carbocycles. The predicted octanol–water partition coefficient (Wildman–Crippen LogP) is 1.57. The monoisotopic (exact) mass is 281 g/mol. The minimum Gasteiger partial charge on any atom is -0.342 e. The van der Waals surface area contributed by atoms with E-state index < -0.39 is 0 Å². The van der Waals surface area contributed by atoms with Gasteiger partial charge in [-0.25, -0.2) is 0 Å². The van der Waals surface area contributed by atoms with Crippen LogP contribution >= 0.6 is 0 Å². The van der Waals surface area contributed by atoms with Crippen molar-refractivity contribution in [1.82, 2.24) is 15.1 Å². The van der Waals surface area contributed by atoms with Gasteiger partial charge in [-0.15, -0.1) is 0 Å². The molecule has 116 valence electrons. The minimum absolute atomic E-state index is 0.347. The molecule has 0 spiro atoms. The zero-order valence-corrected chi connectivity index (χ0v) is 13.2. The number of amides is 1. The summed E-state index contributed by atoms with van der Waals surface area (Å²) >= 11 is 0. The van der Waals surface area contributed by atoms with E-state index in [1.807, 2.05) is 0 Å². The van der Waals surface area contributed by atoms with E-state index in [2.05, 4.69) is 29.0 Å². The summed E-state index contributed by atoms with van der Waals surface area (Å²) in [5.41, 5.74) is 0. The smallest absolute Gasteiger partial charge is 0.236 e. The van der Waals surface area contributed by atoms with Gasteiger partial charge < -0.3 is 10.2 Å². The third-order valence-electron chi connectivity index (χ3n) is 4.74. The second kappa shape index (κ2) is 7.99. The van der Waals surface area contributed by atoms with E-state index in [1.54, 1.807) is 0 Å². The van der Waals surface area contributed by atoms with Crippen LogP contribution in [0.5, 0.6) is 0 Å². The second-order valence-corrected chi connectivity index (χ2v) is 6.46. The number of hydrogen-bond donors (Lipinski definition) is 1. The van der Waals surface area contributed by atoms with Crippen molar-refractivity contribution in [3.8, 4) is 0 Å². The molecule has 1 amide bonds. The molecule has 0 radical (unpaired) electrons. The van der Waals surface area contributed by atoms with Gasteiger partial charge in [0.25, 0.3) is 0 Å². The number of unbranched alkanes of at least 4 members (excludes halogenated alkanes) is 2. The van der Waals surface area contributed by atoms with E-state index in [-0.39, 0.29) is 0 Å². The number of carbonyl (C=O) groups excluding carboxylic acids is 1. The largest absolute Gasteiger partial charge is 0.342 e. The fourth-order valence-electron chi connectivity index (χ4n) is 3.43. The normalized spacial score (nSPS) is 25.9. The fraction of sp³-hybridized carbons (Fsp3) is 0.938. The van der Waals surface area contributed by atoms with Gasteiger partial charge in [0, 0.05) is 26.2 Å². The van der Waals surface area contributed by atoms with Gasteiger partial charge in [-0.05, 0) is 37.8 Å². The van der Waals surface area contributed by atoms with Gasteiger partial charge in [0.2, 0.25) is 5.91 Å². The summed E-state index contributed by atoms with van der Waals surface area (Å²) in [7, 11) is 0. The van der Waals surface area contributed by atoms with Crippen molar-refractivity contribution < 1.29 is 4.79 Å². The zero-order valence-electron chi connectivity index (χ0n) is 13.2. The molecule has 20 heavy (non-hydrogen) atoms. The first-order valence-corrected chi connectivity index (χ1v) is 8.45. The number of hydrogen-bond acceptors (Lipinski definition) is 3. The molecule has 0 saturated carbocycles. The summed E-state index contributed by atoms with van der Waals surface area (Å²) in [6, 6.07) is 0. The Hall–Kier alpha value is -0.610. The summed E-state index contributed by atoms with van der Waals surface area (Å²) in [4.78, 5) is 17.0. The molecule has 2 fully saturated rings. The SMILES string of the molecule is CCCCN(CCCC)C(=O)CN1CC2CNCC2C1. The van der Waals surface area contributed by atoms with Crippen LogP contribution in [-0.2, 0) is 4.79 Å². The molecule has 2 unspecified atom stereocenters. The lowest BCUT2D eigenvalue weighted by molar-refractivity contribution is -0.132. The van der Waals surface area contributed by atoms with Crippen LogP contribution in [0, 0.1) is 11.8 Å². The van der Waals surface area contributed by atoms with Crippen LogP contribution < -0.4 is 5.32 Å². The van der Waals surface area contributed by atoms with Gasteiger partial charge in [0.05, 0.1) is 6.54 Å². The van der Waals surface area contributed by atoms with Crippen LogP contribution in [0.3, 0.4) is 0 Å². The first-order chi connectivity index (χ1) is 9.74. The molecule has 2 heterocycles. The van der Waals surface area contributed by atoms with Crippen molar-refractivity contribution >= 4 is 5.91 Å². The Balaban J connectivity index is 1.78. The van der Waals surface area contributed by atoms with Gasteiger partial charge in [0.15, 0.2) is 0 Å². The van der Waals surface area contributed by atoms with Gasteiger partial charge in [0.1, 0.15) is 0 Å². The van der Waals surface area contributed by atoms with E-state index in [9.17, 15) is 4.79 Å². The van der Waals surface area contributed by atoms with E-state index in [0.29, 0.717) is 12.5 Å². The Kier molecular flexibility index (Phi) is 6.30. The average Bonchev–Trinajstić information content (AvgIpc) is 2.99. The molecule has 0 aromatic heterocycles. The zero-order chi connectivity index (χ0) is 14.4. The molecule has 0 bridgehead atoms. The lowest BCUT2D eigenvalue weighted by Gasteiger charge is -2.25. The summed E-state index contributed by atoms with van der Waals surface area (Å²) < 4.78 is 0. The Bertz CT molecular complexity index is 288. The summed E-state index contributed by atoms with van der Waals surface area (Å²) in [5.74, 6) is 1.91. The van der Waals surface area contributed by atoms with Gasteiger partial charge in [-0.1, -0.05) is 26.7 Å². The molecule has 1 N–H and O–H groups in total. The van der Waals surface area contributed by atoms with Gasteiger partial charge in [-0.3, -0.25) is 9.69 Å². The molecule has 2 saturated heterocycles. The minimum atomic E-state index is 0.347. The summed E-state index contributed by atoms with van der Waals surface area (Å²) in [6.45, 7) is 11.4. The third-order valence-corrected chi connectivity index (χ3v) is 4.74. The van der Waals surface area contributed by atoms with Crippen molar-refractivity contribution in [2.24, 2.45) is 11.8 Å². The quantitative estimate of drug-likeness (QED) is 0.733. The van der Waals surface area contributed by atoms with Gasteiger partial charge in [-0.2, -0.15) is 0 Å². The Morgan fingerprint density at radius 1 is 1.10 bits per heavy atom. The fourth-order valence-corrected chi connectivity index (χ4v) is 3.43. The topological polar surface area (TPSA) is 35.6 Å². The van der Waals surface area contributed by atoms with E-state index in [1.165, 1.54) is 0 Å².